The summed E-state index contributed by atoms with van der Waals surface area (Å²) in [4.78, 5) is 33.1. The molecule has 0 spiro atoms. The molecule has 1 saturated heterocycles. The Bertz CT molecular complexity index is 683. The first kappa shape index (κ1) is 19.4. The van der Waals surface area contributed by atoms with Gasteiger partial charge in [-0.2, -0.15) is 0 Å². The Morgan fingerprint density at radius 2 is 2.08 bits per heavy atom. The molecule has 1 N–H and O–H groups in total. The predicted molar refractivity (Wildman–Crippen MR) is 79.8 cm³/mol. The van der Waals surface area contributed by atoms with Crippen LogP contribution < -0.4 is 34.7 Å². The summed E-state index contributed by atoms with van der Waals surface area (Å²) in [7, 11) is 0. The van der Waals surface area contributed by atoms with E-state index in [9.17, 15) is 19.8 Å². The zero-order chi connectivity index (χ0) is 16.7. The number of hydrogen-bond acceptors (Lipinski definition) is 7. The third-order valence-electron chi connectivity index (χ3n) is 4.41. The molecule has 0 saturated carbocycles. The number of aliphatic carboxylic acids is 1. The fourth-order valence-corrected chi connectivity index (χ4v) is 4.28. The van der Waals surface area contributed by atoms with Crippen molar-refractivity contribution in [3.05, 3.63) is 29.7 Å². The van der Waals surface area contributed by atoms with Crippen molar-refractivity contribution in [3.63, 3.8) is 0 Å². The van der Waals surface area contributed by atoms with E-state index in [0.717, 1.165) is 0 Å². The van der Waals surface area contributed by atoms with Gasteiger partial charge < -0.3 is 19.9 Å². The Balaban J connectivity index is 0.00000208. The molecule has 0 radical (unpaired) electrons. The van der Waals surface area contributed by atoms with Gasteiger partial charge in [0.1, 0.15) is 0 Å². The first-order valence-corrected chi connectivity index (χ1v) is 8.27. The Labute approximate surface area is 165 Å². The van der Waals surface area contributed by atoms with Crippen molar-refractivity contribution in [2.75, 3.05) is 5.75 Å². The number of amides is 1. The molecule has 0 bridgehead atoms. The van der Waals surface area contributed by atoms with Gasteiger partial charge in [0.05, 0.1) is 29.7 Å². The van der Waals surface area contributed by atoms with Crippen LogP contribution in [-0.2, 0) is 9.59 Å². The fraction of sp³-hybridized carbons (Fsp3) is 0.467. The summed E-state index contributed by atoms with van der Waals surface area (Å²) in [5.41, 5.74) is 0.566. The normalized spacial score (nSPS) is 26.5. The molecule has 4 atom stereocenters. The van der Waals surface area contributed by atoms with Crippen molar-refractivity contribution in [3.8, 4) is 0 Å². The van der Waals surface area contributed by atoms with Gasteiger partial charge in [-0.15, -0.1) is 0 Å². The van der Waals surface area contributed by atoms with E-state index in [1.165, 1.54) is 16.7 Å². The topological polar surface area (TPSA) is 106 Å². The number of carbonyl (C=O) groups excluding carboxylic acids is 2. The van der Waals surface area contributed by atoms with Crippen LogP contribution in [0.2, 0.25) is 0 Å². The zero-order valence-electron chi connectivity index (χ0n) is 13.7. The number of nitrogens with zero attached hydrogens (tertiary/aromatic N) is 3. The van der Waals surface area contributed by atoms with E-state index in [2.05, 4.69) is 9.97 Å². The number of aliphatic hydroxyl groups excluding tert-OH is 1. The monoisotopic (exact) mass is 357 g/mol. The Hall–Kier alpha value is -0.930. The molecule has 1 aromatic rings. The van der Waals surface area contributed by atoms with Crippen LogP contribution in [0, 0.1) is 11.8 Å². The van der Waals surface area contributed by atoms with Crippen molar-refractivity contribution in [1.82, 2.24) is 14.9 Å². The zero-order valence-corrected chi connectivity index (χ0v) is 16.5. The molecule has 0 aromatic carbocycles. The molecule has 2 aliphatic rings. The molecule has 0 aliphatic carbocycles. The van der Waals surface area contributed by atoms with Gasteiger partial charge in [0.25, 0.3) is 0 Å². The van der Waals surface area contributed by atoms with Crippen molar-refractivity contribution < 1.29 is 49.4 Å². The van der Waals surface area contributed by atoms with Crippen molar-refractivity contribution >= 4 is 23.6 Å². The van der Waals surface area contributed by atoms with E-state index in [1.807, 2.05) is 6.92 Å². The third-order valence-corrected chi connectivity index (χ3v) is 5.33. The molecule has 0 unspecified atom stereocenters. The Kier molecular flexibility index (Phi) is 6.09. The number of aliphatic hydroxyl groups is 1. The number of thioether (sulfide) groups is 1. The number of rotatable bonds is 5. The molecule has 1 amide bonds. The molecule has 7 nitrogen and oxygen atoms in total. The van der Waals surface area contributed by atoms with Gasteiger partial charge in [-0.1, -0.05) is 18.7 Å². The second-order valence-corrected chi connectivity index (χ2v) is 6.68. The van der Waals surface area contributed by atoms with Gasteiger partial charge in [0, 0.05) is 24.1 Å². The first-order valence-electron chi connectivity index (χ1n) is 7.28. The van der Waals surface area contributed by atoms with E-state index in [0.29, 0.717) is 16.5 Å². The third kappa shape index (κ3) is 3.13. The second-order valence-electron chi connectivity index (χ2n) is 5.74. The smallest absolute Gasteiger partial charge is 0.543 e. The van der Waals surface area contributed by atoms with Gasteiger partial charge in [-0.05, 0) is 18.6 Å². The first-order chi connectivity index (χ1) is 10.9. The van der Waals surface area contributed by atoms with Crippen LogP contribution in [0.15, 0.2) is 34.9 Å². The summed E-state index contributed by atoms with van der Waals surface area (Å²) in [5, 5.41) is 21.8. The standard InChI is InChI=1S/C15H17N3O4S.Na/c1-7-9(6-23-15-16-4-3-5-17-15)12(14(21)22)18-11(7)10(8(2)19)13(18)20;/h3-5,7-8,10-11,19H,6H2,1-2H3,(H,21,22);/q;+1/p-1/t7-,8+,10+,11+;/m0./s1. The molecule has 2 aliphatic heterocycles. The van der Waals surface area contributed by atoms with Crippen LogP contribution in [0.4, 0.5) is 0 Å². The summed E-state index contributed by atoms with van der Waals surface area (Å²) in [6.07, 6.45) is 2.42. The average molecular weight is 357 g/mol. The van der Waals surface area contributed by atoms with Crippen molar-refractivity contribution in [2.45, 2.75) is 31.1 Å². The van der Waals surface area contributed by atoms with E-state index < -0.39 is 18.0 Å². The second kappa shape index (κ2) is 7.53. The van der Waals surface area contributed by atoms with E-state index >= 15 is 0 Å². The SMILES string of the molecule is C[C@@H](O)[C@H]1C(=O)N2C(C(=O)[O-])=C(CSc3ncccn3)[C@H](C)[C@H]12.[Na+]. The number of carbonyl (C=O) groups is 2. The molecular weight excluding hydrogens is 341 g/mol. The summed E-state index contributed by atoms with van der Waals surface area (Å²) < 4.78 is 0. The van der Waals surface area contributed by atoms with Gasteiger partial charge >= 0.3 is 29.6 Å². The largest absolute Gasteiger partial charge is 1.00 e. The van der Waals surface area contributed by atoms with Gasteiger partial charge in [-0.25, -0.2) is 9.97 Å². The van der Waals surface area contributed by atoms with Crippen LogP contribution in [0.25, 0.3) is 0 Å². The minimum atomic E-state index is -1.36. The molecule has 3 heterocycles. The van der Waals surface area contributed by atoms with Gasteiger partial charge in [0.15, 0.2) is 5.16 Å². The molecule has 9 heteroatoms. The molecule has 1 aromatic heterocycles. The number of fused-ring (bicyclic) bond motifs is 1. The van der Waals surface area contributed by atoms with Crippen molar-refractivity contribution in [1.29, 1.82) is 0 Å². The maximum atomic E-state index is 12.2. The number of aromatic nitrogens is 2. The molecule has 1 fully saturated rings. The van der Waals surface area contributed by atoms with Crippen LogP contribution in [-0.4, -0.2) is 49.7 Å². The summed E-state index contributed by atoms with van der Waals surface area (Å²) in [5.74, 6) is -2.07. The average Bonchev–Trinajstić information content (AvgIpc) is 2.75. The minimum absolute atomic E-state index is 0. The fourth-order valence-electron chi connectivity index (χ4n) is 3.33. The van der Waals surface area contributed by atoms with Crippen LogP contribution in [0.5, 0.6) is 0 Å². The number of hydrogen-bond donors (Lipinski definition) is 1. The van der Waals surface area contributed by atoms with Crippen LogP contribution >= 0.6 is 11.8 Å². The molecular formula is C15H16N3NaO4S. The molecule has 24 heavy (non-hydrogen) atoms. The van der Waals surface area contributed by atoms with Crippen LogP contribution in [0.3, 0.4) is 0 Å². The van der Waals surface area contributed by atoms with E-state index in [-0.39, 0.29) is 53.1 Å². The minimum Gasteiger partial charge on any atom is -0.543 e. The maximum Gasteiger partial charge on any atom is 1.00 e. The summed E-state index contributed by atoms with van der Waals surface area (Å²) in [6.45, 7) is 3.42. The number of carboxylic acids is 1. The van der Waals surface area contributed by atoms with Gasteiger partial charge in [0.2, 0.25) is 5.91 Å². The molecule has 122 valence electrons. The van der Waals surface area contributed by atoms with E-state index in [1.54, 1.807) is 25.4 Å². The maximum absolute atomic E-state index is 12.2. The number of carboxylic acid groups (broad SMARTS) is 1. The molecule has 3 rings (SSSR count). The Morgan fingerprint density at radius 3 is 2.62 bits per heavy atom. The number of β-lactam (4-membered cyclic amide) rings is 1. The van der Waals surface area contributed by atoms with Crippen molar-refractivity contribution in [2.24, 2.45) is 11.8 Å². The predicted octanol–water partition coefficient (Wildman–Crippen LogP) is -3.57. The van der Waals surface area contributed by atoms with E-state index in [4.69, 9.17) is 0 Å². The van der Waals surface area contributed by atoms with Crippen LogP contribution in [0.1, 0.15) is 13.8 Å². The Morgan fingerprint density at radius 1 is 1.46 bits per heavy atom. The van der Waals surface area contributed by atoms with Gasteiger partial charge in [-0.3, -0.25) is 4.79 Å². The quantitative estimate of drug-likeness (QED) is 0.251. The summed E-state index contributed by atoms with van der Waals surface area (Å²) >= 11 is 1.31. The summed E-state index contributed by atoms with van der Waals surface area (Å²) in [6, 6.07) is 1.38.